The first-order chi connectivity index (χ1) is 16.3. The zero-order valence-corrected chi connectivity index (χ0v) is 18.7. The van der Waals surface area contributed by atoms with E-state index in [1.165, 1.54) is 4.57 Å². The van der Waals surface area contributed by atoms with E-state index in [4.69, 9.17) is 5.84 Å². The summed E-state index contributed by atoms with van der Waals surface area (Å²) in [5.74, 6) is 5.12. The molecule has 3 N–H and O–H groups in total. The van der Waals surface area contributed by atoms with Gasteiger partial charge in [0.05, 0.1) is 18.7 Å². The molecular formula is C23H23N7O4. The van der Waals surface area contributed by atoms with Gasteiger partial charge in [-0.05, 0) is 43.0 Å². The molecule has 0 aliphatic heterocycles. The van der Waals surface area contributed by atoms with Crippen LogP contribution in [-0.2, 0) is 17.9 Å². The summed E-state index contributed by atoms with van der Waals surface area (Å²) in [5, 5.41) is 3.31. The minimum Gasteiger partial charge on any atom is -0.359 e. The maximum absolute atomic E-state index is 13.3. The Morgan fingerprint density at radius 1 is 1.00 bits per heavy atom. The predicted octanol–water partition coefficient (Wildman–Crippen LogP) is 1.59. The average molecular weight is 461 g/mol. The number of aromatic nitrogens is 4. The number of amides is 1. The number of nitrogens with one attached hydrogen (secondary N) is 1. The monoisotopic (exact) mass is 461 g/mol. The largest absolute Gasteiger partial charge is 0.359 e. The number of carbonyl (C=O) groups is 1. The van der Waals surface area contributed by atoms with Crippen LogP contribution in [0.2, 0.25) is 0 Å². The lowest BCUT2D eigenvalue weighted by Crippen LogP contribution is -2.57. The molecule has 1 amide bonds. The molecule has 0 radical (unpaired) electrons. The maximum atomic E-state index is 13.3. The molecular weight excluding hydrogens is 438 g/mol. The average Bonchev–Trinajstić information content (AvgIpc) is 3.20. The Kier molecular flexibility index (Phi) is 6.09. The fourth-order valence-electron chi connectivity index (χ4n) is 3.68. The number of benzene rings is 2. The number of nitrogens with two attached hydrogens (primary N) is 1. The van der Waals surface area contributed by atoms with Crippen molar-refractivity contribution < 1.29 is 4.79 Å². The molecule has 0 atom stereocenters. The van der Waals surface area contributed by atoms with Crippen molar-refractivity contribution >= 4 is 22.5 Å². The number of nitrogen functional groups attached to an aromatic ring is 1. The summed E-state index contributed by atoms with van der Waals surface area (Å²) in [7, 11) is 0. The highest BCUT2D eigenvalue weighted by Gasteiger charge is 2.15. The minimum absolute atomic E-state index is 0.0608. The molecule has 0 saturated heterocycles. The molecule has 11 nitrogen and oxygen atoms in total. The highest BCUT2D eigenvalue weighted by Crippen LogP contribution is 2.21. The lowest BCUT2D eigenvalue weighted by molar-refractivity contribution is -0.118. The van der Waals surface area contributed by atoms with Gasteiger partial charge in [-0.15, -0.1) is 4.91 Å². The van der Waals surface area contributed by atoms with E-state index in [0.717, 1.165) is 37.0 Å². The van der Waals surface area contributed by atoms with Gasteiger partial charge in [0.15, 0.2) is 0 Å². The molecule has 0 saturated carbocycles. The number of carbonyl (C=O) groups excluding carboxylic acids is 1. The van der Waals surface area contributed by atoms with Gasteiger partial charge in [-0.25, -0.2) is 19.1 Å². The summed E-state index contributed by atoms with van der Waals surface area (Å²) in [4.78, 5) is 55.7. The second-order valence-electron chi connectivity index (χ2n) is 8.03. The fourth-order valence-corrected chi connectivity index (χ4v) is 3.68. The lowest BCUT2D eigenvalue weighted by Gasteiger charge is -2.13. The fraction of sp³-hybridized carbons (Fsp3) is 0.217. The summed E-state index contributed by atoms with van der Waals surface area (Å²) >= 11 is 0. The number of aryl methyl sites for hydroxylation is 2. The van der Waals surface area contributed by atoms with Gasteiger partial charge in [-0.1, -0.05) is 35.9 Å². The standard InChI is InChI=1S/C23H23N7O4/c1-14-3-5-16(6-4-14)13-29-21(26-18-8-7-17-11-15(2)25-19(17)12-18)30(24)23(33)28(22(29)32)10-9-20(31)27-34/h3-8,11-12,25H,9-10,13,24H2,1-2H3. The van der Waals surface area contributed by atoms with Crippen LogP contribution in [0.15, 0.2) is 68.3 Å². The smallest absolute Gasteiger partial charge is 0.353 e. The first-order valence-electron chi connectivity index (χ1n) is 10.5. The zero-order valence-electron chi connectivity index (χ0n) is 18.7. The predicted molar refractivity (Wildman–Crippen MR) is 127 cm³/mol. The molecule has 2 aromatic heterocycles. The quantitative estimate of drug-likeness (QED) is 0.330. The van der Waals surface area contributed by atoms with Crippen LogP contribution in [0.3, 0.4) is 0 Å². The highest BCUT2D eigenvalue weighted by molar-refractivity contribution is 5.83. The van der Waals surface area contributed by atoms with Gasteiger partial charge in [0.2, 0.25) is 5.62 Å². The van der Waals surface area contributed by atoms with E-state index in [9.17, 15) is 19.3 Å². The number of hydrogen-bond donors (Lipinski definition) is 2. The number of H-pyrrole nitrogens is 1. The van der Waals surface area contributed by atoms with Crippen LogP contribution in [0.4, 0.5) is 5.69 Å². The topological polar surface area (TPSA) is 150 Å². The van der Waals surface area contributed by atoms with Crippen molar-refractivity contribution in [2.24, 2.45) is 10.2 Å². The van der Waals surface area contributed by atoms with Gasteiger partial charge in [0.1, 0.15) is 0 Å². The number of aromatic amines is 1. The molecule has 0 aliphatic rings. The highest BCUT2D eigenvalue weighted by atomic mass is 16.3. The molecule has 34 heavy (non-hydrogen) atoms. The summed E-state index contributed by atoms with van der Waals surface area (Å²) in [6.07, 6.45) is -0.400. The molecule has 0 bridgehead atoms. The second kappa shape index (κ2) is 9.14. The molecule has 4 aromatic rings. The van der Waals surface area contributed by atoms with Gasteiger partial charge in [0, 0.05) is 22.9 Å². The van der Waals surface area contributed by atoms with E-state index in [1.54, 1.807) is 12.1 Å². The van der Waals surface area contributed by atoms with E-state index >= 15 is 0 Å². The summed E-state index contributed by atoms with van der Waals surface area (Å²) in [6, 6.07) is 14.9. The molecule has 0 unspecified atom stereocenters. The van der Waals surface area contributed by atoms with E-state index in [2.05, 4.69) is 15.2 Å². The second-order valence-corrected chi connectivity index (χ2v) is 8.03. The third-order valence-corrected chi connectivity index (χ3v) is 5.44. The molecule has 0 spiro atoms. The van der Waals surface area contributed by atoms with Crippen molar-refractivity contribution in [3.63, 3.8) is 0 Å². The Labute approximate surface area is 192 Å². The third-order valence-electron chi connectivity index (χ3n) is 5.44. The van der Waals surface area contributed by atoms with Crippen molar-refractivity contribution in [3.8, 4) is 0 Å². The van der Waals surface area contributed by atoms with Crippen molar-refractivity contribution in [1.82, 2.24) is 18.8 Å². The maximum Gasteiger partial charge on any atom is 0.353 e. The Morgan fingerprint density at radius 3 is 2.44 bits per heavy atom. The Morgan fingerprint density at radius 2 is 1.74 bits per heavy atom. The first kappa shape index (κ1) is 22.6. The third kappa shape index (κ3) is 4.49. The summed E-state index contributed by atoms with van der Waals surface area (Å²) in [5.41, 5.74) is 2.53. The first-order valence-corrected chi connectivity index (χ1v) is 10.5. The van der Waals surface area contributed by atoms with Crippen LogP contribution in [-0.4, -0.2) is 24.7 Å². The van der Waals surface area contributed by atoms with E-state index in [-0.39, 0.29) is 18.7 Å². The van der Waals surface area contributed by atoms with Gasteiger partial charge in [-0.2, -0.15) is 4.68 Å². The Hall–Kier alpha value is -4.54. The van der Waals surface area contributed by atoms with Crippen LogP contribution >= 0.6 is 0 Å². The van der Waals surface area contributed by atoms with Gasteiger partial charge >= 0.3 is 11.4 Å². The number of rotatable bonds is 6. The van der Waals surface area contributed by atoms with Crippen LogP contribution in [0.25, 0.3) is 10.9 Å². The molecule has 11 heteroatoms. The molecule has 2 aromatic carbocycles. The van der Waals surface area contributed by atoms with Crippen molar-refractivity contribution in [2.75, 3.05) is 5.84 Å². The summed E-state index contributed by atoms with van der Waals surface area (Å²) in [6.45, 7) is 3.64. The number of nitroso groups, excluding NO2 is 1. The molecule has 2 heterocycles. The van der Waals surface area contributed by atoms with Crippen molar-refractivity contribution in [1.29, 1.82) is 0 Å². The van der Waals surface area contributed by atoms with Crippen molar-refractivity contribution in [3.05, 3.63) is 96.8 Å². The van der Waals surface area contributed by atoms with Crippen LogP contribution in [0, 0.1) is 18.8 Å². The molecule has 174 valence electrons. The van der Waals surface area contributed by atoms with Gasteiger partial charge < -0.3 is 10.8 Å². The Bertz CT molecular complexity index is 1590. The number of fused-ring (bicyclic) bond motifs is 1. The van der Waals surface area contributed by atoms with Gasteiger partial charge in [-0.3, -0.25) is 9.36 Å². The molecule has 0 aliphatic carbocycles. The van der Waals surface area contributed by atoms with Crippen molar-refractivity contribution in [2.45, 2.75) is 33.4 Å². The van der Waals surface area contributed by atoms with E-state index in [1.807, 2.05) is 50.2 Å². The van der Waals surface area contributed by atoms with Gasteiger partial charge in [0.25, 0.3) is 5.91 Å². The summed E-state index contributed by atoms with van der Waals surface area (Å²) < 4.78 is 2.82. The van der Waals surface area contributed by atoms with Crippen LogP contribution < -0.4 is 22.8 Å². The van der Waals surface area contributed by atoms with E-state index in [0.29, 0.717) is 5.69 Å². The number of hydrogen-bond acceptors (Lipinski definition) is 6. The molecule has 4 rings (SSSR count). The van der Waals surface area contributed by atoms with E-state index < -0.39 is 23.7 Å². The minimum atomic E-state index is -0.969. The SMILES string of the molecule is Cc1ccc(Cn2c(=Nc3ccc4cc(C)[nH]c4c3)n(N)c(=O)n(CCC(=O)N=O)c2=O)cc1. The van der Waals surface area contributed by atoms with Crippen LogP contribution in [0.5, 0.6) is 0 Å². The molecule has 0 fully saturated rings. The lowest BCUT2D eigenvalue weighted by atomic mass is 10.1. The normalized spacial score (nSPS) is 11.8. The number of nitrogens with zero attached hydrogens (tertiary/aromatic N) is 5. The Balaban J connectivity index is 1.92. The zero-order chi connectivity index (χ0) is 24.4. The van der Waals surface area contributed by atoms with Crippen LogP contribution in [0.1, 0.15) is 23.2 Å².